The first-order chi connectivity index (χ1) is 8.08. The van der Waals surface area contributed by atoms with Gasteiger partial charge < -0.3 is 10.4 Å². The number of nitrogens with zero attached hydrogens (tertiary/aromatic N) is 1. The fourth-order valence-corrected chi connectivity index (χ4v) is 2.37. The maximum atomic E-state index is 11.5. The van der Waals surface area contributed by atoms with E-state index in [2.05, 4.69) is 10.3 Å². The van der Waals surface area contributed by atoms with Crippen molar-refractivity contribution in [2.24, 2.45) is 11.8 Å². The molecule has 2 rings (SSSR count). The van der Waals surface area contributed by atoms with Crippen LogP contribution < -0.4 is 5.32 Å². The largest absolute Gasteiger partial charge is 0.481 e. The summed E-state index contributed by atoms with van der Waals surface area (Å²) < 4.78 is 0. The topological polar surface area (TPSA) is 79.3 Å². The SMILES string of the molecule is Cc1nc(CCNC(=O)[C@@H]2C[C@@H]2C(=O)O)cs1. The monoisotopic (exact) mass is 254 g/mol. The number of amides is 1. The van der Waals surface area contributed by atoms with Crippen molar-refractivity contribution in [3.05, 3.63) is 16.1 Å². The van der Waals surface area contributed by atoms with E-state index in [1.807, 2.05) is 12.3 Å². The molecule has 0 saturated heterocycles. The molecular weight excluding hydrogens is 240 g/mol. The van der Waals surface area contributed by atoms with Crippen LogP contribution in [0.3, 0.4) is 0 Å². The molecule has 1 saturated carbocycles. The zero-order valence-electron chi connectivity index (χ0n) is 9.47. The highest BCUT2D eigenvalue weighted by Gasteiger charge is 2.48. The Labute approximate surface area is 103 Å². The molecule has 1 heterocycles. The van der Waals surface area contributed by atoms with E-state index in [0.29, 0.717) is 19.4 Å². The van der Waals surface area contributed by atoms with Crippen molar-refractivity contribution in [1.29, 1.82) is 0 Å². The number of aryl methyl sites for hydroxylation is 1. The number of rotatable bonds is 5. The maximum absolute atomic E-state index is 11.5. The molecule has 1 aromatic heterocycles. The van der Waals surface area contributed by atoms with Crippen LogP contribution in [0.4, 0.5) is 0 Å². The molecule has 5 nitrogen and oxygen atoms in total. The van der Waals surface area contributed by atoms with Crippen LogP contribution >= 0.6 is 11.3 Å². The Balaban J connectivity index is 1.69. The molecule has 2 atom stereocenters. The second kappa shape index (κ2) is 4.83. The smallest absolute Gasteiger partial charge is 0.307 e. The third-order valence-corrected chi connectivity index (χ3v) is 3.61. The normalized spacial score (nSPS) is 22.2. The zero-order chi connectivity index (χ0) is 12.4. The number of hydrogen-bond acceptors (Lipinski definition) is 4. The van der Waals surface area contributed by atoms with Gasteiger partial charge in [-0.15, -0.1) is 11.3 Å². The molecule has 92 valence electrons. The van der Waals surface area contributed by atoms with E-state index in [9.17, 15) is 9.59 Å². The predicted octanol–water partition coefficient (Wildman–Crippen LogP) is 0.831. The lowest BCUT2D eigenvalue weighted by atomic mass is 10.3. The molecule has 0 unspecified atom stereocenters. The number of nitrogens with one attached hydrogen (secondary N) is 1. The Morgan fingerprint density at radius 3 is 2.88 bits per heavy atom. The molecule has 6 heteroatoms. The predicted molar refractivity (Wildman–Crippen MR) is 62.8 cm³/mol. The van der Waals surface area contributed by atoms with Crippen LogP contribution in [0, 0.1) is 18.8 Å². The van der Waals surface area contributed by atoms with E-state index in [1.165, 1.54) is 0 Å². The molecule has 0 spiro atoms. The Morgan fingerprint density at radius 2 is 2.35 bits per heavy atom. The van der Waals surface area contributed by atoms with Gasteiger partial charge in [0.2, 0.25) is 5.91 Å². The molecule has 0 bridgehead atoms. The van der Waals surface area contributed by atoms with E-state index < -0.39 is 11.9 Å². The lowest BCUT2D eigenvalue weighted by molar-refractivity contribution is -0.140. The molecule has 1 aliphatic rings. The second-order valence-corrected chi connectivity index (χ2v) is 5.25. The van der Waals surface area contributed by atoms with Gasteiger partial charge in [0, 0.05) is 18.3 Å². The second-order valence-electron chi connectivity index (χ2n) is 4.19. The maximum Gasteiger partial charge on any atom is 0.307 e. The van der Waals surface area contributed by atoms with Gasteiger partial charge in [0.1, 0.15) is 0 Å². The lowest BCUT2D eigenvalue weighted by Gasteiger charge is -2.02. The van der Waals surface area contributed by atoms with Crippen LogP contribution in [-0.4, -0.2) is 28.5 Å². The molecule has 2 N–H and O–H groups in total. The summed E-state index contributed by atoms with van der Waals surface area (Å²) in [6, 6.07) is 0. The van der Waals surface area contributed by atoms with Gasteiger partial charge in [-0.3, -0.25) is 9.59 Å². The summed E-state index contributed by atoms with van der Waals surface area (Å²) in [6.45, 7) is 2.46. The minimum Gasteiger partial charge on any atom is -0.481 e. The van der Waals surface area contributed by atoms with Gasteiger partial charge in [-0.2, -0.15) is 0 Å². The van der Waals surface area contributed by atoms with Gasteiger partial charge >= 0.3 is 5.97 Å². The Kier molecular flexibility index (Phi) is 3.42. The van der Waals surface area contributed by atoms with Crippen LogP contribution in [0.2, 0.25) is 0 Å². The molecule has 1 aliphatic carbocycles. The number of aromatic nitrogens is 1. The fraction of sp³-hybridized carbons (Fsp3) is 0.545. The standard InChI is InChI=1S/C11H14N2O3S/c1-6-13-7(5-17-6)2-3-12-10(14)8-4-9(8)11(15)16/h5,8-9H,2-4H2,1H3,(H,12,14)(H,15,16)/t8-,9+/m1/s1. The zero-order valence-corrected chi connectivity index (χ0v) is 10.3. The highest BCUT2D eigenvalue weighted by molar-refractivity contribution is 7.09. The third kappa shape index (κ3) is 3.03. The summed E-state index contributed by atoms with van der Waals surface area (Å²) in [5.74, 6) is -1.83. The molecule has 1 fully saturated rings. The quantitative estimate of drug-likeness (QED) is 0.815. The minimum absolute atomic E-state index is 0.149. The van der Waals surface area contributed by atoms with Crippen molar-refractivity contribution in [2.45, 2.75) is 19.8 Å². The molecule has 0 aliphatic heterocycles. The van der Waals surface area contributed by atoms with Crippen LogP contribution in [-0.2, 0) is 16.0 Å². The number of thiazole rings is 1. The minimum atomic E-state index is -0.875. The van der Waals surface area contributed by atoms with Crippen LogP contribution in [0.5, 0.6) is 0 Å². The number of carbonyl (C=O) groups excluding carboxylic acids is 1. The van der Waals surface area contributed by atoms with Crippen molar-refractivity contribution in [2.75, 3.05) is 6.54 Å². The Bertz CT molecular complexity index is 444. The number of aliphatic carboxylic acids is 1. The van der Waals surface area contributed by atoms with Crippen molar-refractivity contribution in [1.82, 2.24) is 10.3 Å². The highest BCUT2D eigenvalue weighted by Crippen LogP contribution is 2.38. The van der Waals surface area contributed by atoms with E-state index >= 15 is 0 Å². The number of hydrogen-bond donors (Lipinski definition) is 2. The number of carbonyl (C=O) groups is 2. The lowest BCUT2D eigenvalue weighted by Crippen LogP contribution is -2.28. The molecule has 1 aromatic rings. The first-order valence-electron chi connectivity index (χ1n) is 5.49. The van der Waals surface area contributed by atoms with Crippen molar-refractivity contribution in [3.63, 3.8) is 0 Å². The Morgan fingerprint density at radius 1 is 1.59 bits per heavy atom. The van der Waals surface area contributed by atoms with Gasteiger partial charge in [0.05, 0.1) is 22.5 Å². The fourth-order valence-electron chi connectivity index (χ4n) is 1.73. The average molecular weight is 254 g/mol. The van der Waals surface area contributed by atoms with Crippen molar-refractivity contribution in [3.8, 4) is 0 Å². The van der Waals surface area contributed by atoms with E-state index in [4.69, 9.17) is 5.11 Å². The van der Waals surface area contributed by atoms with E-state index in [-0.39, 0.29) is 11.8 Å². The summed E-state index contributed by atoms with van der Waals surface area (Å²) in [7, 11) is 0. The third-order valence-electron chi connectivity index (χ3n) is 2.79. The van der Waals surface area contributed by atoms with Crippen molar-refractivity contribution < 1.29 is 14.7 Å². The Hall–Kier alpha value is -1.43. The summed E-state index contributed by atoms with van der Waals surface area (Å²) in [5, 5.41) is 14.4. The van der Waals surface area contributed by atoms with Crippen LogP contribution in [0.15, 0.2) is 5.38 Å². The van der Waals surface area contributed by atoms with E-state index in [1.54, 1.807) is 11.3 Å². The summed E-state index contributed by atoms with van der Waals surface area (Å²) in [4.78, 5) is 26.4. The average Bonchev–Trinajstić information content (AvgIpc) is 2.97. The van der Waals surface area contributed by atoms with Gasteiger partial charge in [0.25, 0.3) is 0 Å². The van der Waals surface area contributed by atoms with Gasteiger partial charge in [0.15, 0.2) is 0 Å². The highest BCUT2D eigenvalue weighted by atomic mass is 32.1. The van der Waals surface area contributed by atoms with Gasteiger partial charge in [-0.25, -0.2) is 4.98 Å². The van der Waals surface area contributed by atoms with Gasteiger partial charge in [-0.1, -0.05) is 0 Å². The summed E-state index contributed by atoms with van der Waals surface area (Å²) in [5.41, 5.74) is 0.971. The number of carboxylic acid groups (broad SMARTS) is 1. The molecule has 17 heavy (non-hydrogen) atoms. The first-order valence-corrected chi connectivity index (χ1v) is 6.37. The van der Waals surface area contributed by atoms with Gasteiger partial charge in [-0.05, 0) is 13.3 Å². The molecule has 0 radical (unpaired) electrons. The van der Waals surface area contributed by atoms with Crippen LogP contribution in [0.1, 0.15) is 17.1 Å². The molecule has 0 aromatic carbocycles. The van der Waals surface area contributed by atoms with E-state index in [0.717, 1.165) is 10.7 Å². The summed E-state index contributed by atoms with van der Waals surface area (Å²) >= 11 is 1.58. The number of carboxylic acids is 1. The van der Waals surface area contributed by atoms with Crippen molar-refractivity contribution >= 4 is 23.2 Å². The molecule has 1 amide bonds. The summed E-state index contributed by atoms with van der Waals surface area (Å²) in [6.07, 6.45) is 1.16. The van der Waals surface area contributed by atoms with Crippen LogP contribution in [0.25, 0.3) is 0 Å². The first kappa shape index (κ1) is 12.0. The molecular formula is C11H14N2O3S.